The number of ether oxygens (including phenoxy) is 1. The number of aromatic nitrogens is 1. The molecular weight excluding hydrogens is 236 g/mol. The van der Waals surface area contributed by atoms with E-state index in [-0.39, 0.29) is 6.10 Å². The quantitative estimate of drug-likeness (QED) is 0.916. The van der Waals surface area contributed by atoms with E-state index in [1.165, 1.54) is 17.5 Å². The number of nitrogens with zero attached hydrogens (tertiary/aromatic N) is 1. The first-order valence-corrected chi connectivity index (χ1v) is 6.77. The minimum Gasteiger partial charge on any atom is -0.484 e. The summed E-state index contributed by atoms with van der Waals surface area (Å²) < 4.78 is 6.16. The summed E-state index contributed by atoms with van der Waals surface area (Å²) in [5.74, 6) is 0.812. The van der Waals surface area contributed by atoms with Crippen LogP contribution in [0.2, 0.25) is 0 Å². The average Bonchev–Trinajstić information content (AvgIpc) is 2.48. The molecule has 3 heteroatoms. The molecule has 0 fully saturated rings. The van der Waals surface area contributed by atoms with E-state index in [2.05, 4.69) is 29.2 Å². The Hall–Kier alpha value is -1.87. The molecule has 1 unspecified atom stereocenters. The van der Waals surface area contributed by atoms with Gasteiger partial charge in [-0.05, 0) is 42.5 Å². The van der Waals surface area contributed by atoms with Crippen LogP contribution in [0.4, 0.5) is 0 Å². The van der Waals surface area contributed by atoms with E-state index in [4.69, 9.17) is 10.5 Å². The first-order valence-electron chi connectivity index (χ1n) is 6.77. The fourth-order valence-corrected chi connectivity index (χ4v) is 2.67. The molecule has 0 amide bonds. The van der Waals surface area contributed by atoms with Crippen LogP contribution in [-0.2, 0) is 13.0 Å². The van der Waals surface area contributed by atoms with Gasteiger partial charge < -0.3 is 10.5 Å². The predicted molar refractivity (Wildman–Crippen MR) is 74.9 cm³/mol. The van der Waals surface area contributed by atoms with E-state index in [1.54, 1.807) is 6.20 Å². The van der Waals surface area contributed by atoms with Crippen molar-refractivity contribution < 1.29 is 4.74 Å². The summed E-state index contributed by atoms with van der Waals surface area (Å²) in [6, 6.07) is 12.4. The monoisotopic (exact) mass is 254 g/mol. The second-order valence-corrected chi connectivity index (χ2v) is 4.85. The first kappa shape index (κ1) is 12.2. The Morgan fingerprint density at radius 1 is 1.21 bits per heavy atom. The summed E-state index contributed by atoms with van der Waals surface area (Å²) >= 11 is 0. The number of aryl methyl sites for hydroxylation is 1. The molecule has 0 radical (unpaired) electrons. The second kappa shape index (κ2) is 5.41. The Morgan fingerprint density at radius 3 is 3.00 bits per heavy atom. The summed E-state index contributed by atoms with van der Waals surface area (Å²) in [5, 5.41) is 0. The van der Waals surface area contributed by atoms with Gasteiger partial charge in [-0.3, -0.25) is 4.98 Å². The summed E-state index contributed by atoms with van der Waals surface area (Å²) in [6.45, 7) is 0.407. The molecule has 1 aromatic carbocycles. The van der Waals surface area contributed by atoms with E-state index >= 15 is 0 Å². The highest BCUT2D eigenvalue weighted by atomic mass is 16.5. The summed E-state index contributed by atoms with van der Waals surface area (Å²) in [6.07, 6.45) is 5.24. The maximum absolute atomic E-state index is 6.16. The van der Waals surface area contributed by atoms with Crippen LogP contribution < -0.4 is 10.5 Å². The topological polar surface area (TPSA) is 48.1 Å². The molecule has 0 saturated heterocycles. The van der Waals surface area contributed by atoms with E-state index in [9.17, 15) is 0 Å². The molecule has 1 aliphatic carbocycles. The Bertz CT molecular complexity index is 568. The highest BCUT2D eigenvalue weighted by Crippen LogP contribution is 2.34. The number of rotatable bonds is 3. The largest absolute Gasteiger partial charge is 0.484 e. The molecule has 2 N–H and O–H groups in total. The second-order valence-electron chi connectivity index (χ2n) is 4.85. The summed E-state index contributed by atoms with van der Waals surface area (Å²) in [7, 11) is 0. The van der Waals surface area contributed by atoms with Gasteiger partial charge in [0.25, 0.3) is 0 Å². The zero-order valence-corrected chi connectivity index (χ0v) is 10.9. The number of hydrogen-bond acceptors (Lipinski definition) is 3. The van der Waals surface area contributed by atoms with Gasteiger partial charge in [-0.15, -0.1) is 0 Å². The van der Waals surface area contributed by atoms with Crippen molar-refractivity contribution in [2.45, 2.75) is 31.9 Å². The van der Waals surface area contributed by atoms with Crippen molar-refractivity contribution in [1.82, 2.24) is 4.98 Å². The summed E-state index contributed by atoms with van der Waals surface area (Å²) in [4.78, 5) is 4.27. The van der Waals surface area contributed by atoms with Crippen LogP contribution in [0.5, 0.6) is 5.75 Å². The zero-order valence-electron chi connectivity index (χ0n) is 10.9. The molecule has 1 heterocycles. The summed E-state index contributed by atoms with van der Waals surface area (Å²) in [5.41, 5.74) is 9.24. The van der Waals surface area contributed by atoms with Crippen molar-refractivity contribution in [2.75, 3.05) is 0 Å². The third-order valence-electron chi connectivity index (χ3n) is 3.63. The maximum Gasteiger partial charge on any atom is 0.143 e. The van der Waals surface area contributed by atoms with E-state index < -0.39 is 0 Å². The lowest BCUT2D eigenvalue weighted by molar-refractivity contribution is 0.181. The maximum atomic E-state index is 6.16. The molecule has 0 bridgehead atoms. The van der Waals surface area contributed by atoms with Crippen molar-refractivity contribution in [3.8, 4) is 5.75 Å². The molecule has 98 valence electrons. The van der Waals surface area contributed by atoms with Gasteiger partial charge in [-0.25, -0.2) is 0 Å². The van der Waals surface area contributed by atoms with Gasteiger partial charge in [-0.1, -0.05) is 24.3 Å². The first-order chi connectivity index (χ1) is 9.38. The lowest BCUT2D eigenvalue weighted by Crippen LogP contribution is -2.16. The van der Waals surface area contributed by atoms with Crippen LogP contribution in [-0.4, -0.2) is 4.98 Å². The lowest BCUT2D eigenvalue weighted by atomic mass is 9.89. The van der Waals surface area contributed by atoms with Crippen molar-refractivity contribution in [3.63, 3.8) is 0 Å². The molecule has 19 heavy (non-hydrogen) atoms. The van der Waals surface area contributed by atoms with Gasteiger partial charge >= 0.3 is 0 Å². The minimum atomic E-state index is 0.124. The van der Waals surface area contributed by atoms with Crippen molar-refractivity contribution in [1.29, 1.82) is 0 Å². The number of fused-ring (bicyclic) bond motifs is 1. The molecule has 2 aromatic rings. The number of hydrogen-bond donors (Lipinski definition) is 1. The molecule has 0 aliphatic heterocycles. The molecule has 1 atom stereocenters. The lowest BCUT2D eigenvalue weighted by Gasteiger charge is -2.26. The van der Waals surface area contributed by atoms with Gasteiger partial charge in [0.2, 0.25) is 0 Å². The van der Waals surface area contributed by atoms with Crippen LogP contribution in [0.3, 0.4) is 0 Å². The van der Waals surface area contributed by atoms with Crippen LogP contribution in [0.1, 0.15) is 35.8 Å². The molecular formula is C16H18N2O. The smallest absolute Gasteiger partial charge is 0.143 e. The zero-order chi connectivity index (χ0) is 13.1. The van der Waals surface area contributed by atoms with Crippen LogP contribution in [0.15, 0.2) is 42.6 Å². The van der Waals surface area contributed by atoms with Gasteiger partial charge in [-0.2, -0.15) is 0 Å². The van der Waals surface area contributed by atoms with Gasteiger partial charge in [0.1, 0.15) is 11.9 Å². The number of benzene rings is 1. The Balaban J connectivity index is 1.88. The highest BCUT2D eigenvalue weighted by molar-refractivity contribution is 5.34. The molecule has 0 saturated carbocycles. The number of pyridine rings is 1. The molecule has 1 aromatic heterocycles. The third kappa shape index (κ3) is 2.47. The van der Waals surface area contributed by atoms with Gasteiger partial charge in [0, 0.05) is 12.7 Å². The predicted octanol–water partition coefficient (Wildman–Crippen LogP) is 3.00. The van der Waals surface area contributed by atoms with Crippen LogP contribution >= 0.6 is 0 Å². The third-order valence-corrected chi connectivity index (χ3v) is 3.63. The van der Waals surface area contributed by atoms with Gasteiger partial charge in [0.15, 0.2) is 0 Å². The molecule has 3 rings (SSSR count). The van der Waals surface area contributed by atoms with Crippen LogP contribution in [0, 0.1) is 0 Å². The molecule has 1 aliphatic rings. The van der Waals surface area contributed by atoms with E-state index in [0.717, 1.165) is 24.3 Å². The minimum absolute atomic E-state index is 0.124. The standard InChI is InChI=1S/C16H18N2O/c17-11-14-16(9-4-10-18-14)19-15-8-3-6-12-5-1-2-7-13(12)15/h1-2,4-5,7,9-10,15H,3,6,8,11,17H2. The normalized spacial score (nSPS) is 17.8. The Labute approximate surface area is 113 Å². The number of nitrogens with two attached hydrogens (primary N) is 1. The van der Waals surface area contributed by atoms with Crippen molar-refractivity contribution in [3.05, 3.63) is 59.4 Å². The SMILES string of the molecule is NCc1ncccc1OC1CCCc2ccccc21. The van der Waals surface area contributed by atoms with Crippen molar-refractivity contribution >= 4 is 0 Å². The fraction of sp³-hybridized carbons (Fsp3) is 0.312. The van der Waals surface area contributed by atoms with E-state index in [1.807, 2.05) is 12.1 Å². The molecule has 3 nitrogen and oxygen atoms in total. The average molecular weight is 254 g/mol. The Morgan fingerprint density at radius 2 is 2.11 bits per heavy atom. The van der Waals surface area contributed by atoms with Gasteiger partial charge in [0.05, 0.1) is 5.69 Å². The molecule has 0 spiro atoms. The Kier molecular flexibility index (Phi) is 3.47. The fourth-order valence-electron chi connectivity index (χ4n) is 2.67. The highest BCUT2D eigenvalue weighted by Gasteiger charge is 2.22. The van der Waals surface area contributed by atoms with E-state index in [0.29, 0.717) is 6.54 Å². The van der Waals surface area contributed by atoms with Crippen LogP contribution in [0.25, 0.3) is 0 Å². The van der Waals surface area contributed by atoms with Crippen molar-refractivity contribution in [2.24, 2.45) is 5.73 Å².